The Morgan fingerprint density at radius 3 is 2.58 bits per heavy atom. The van der Waals surface area contributed by atoms with Crippen molar-refractivity contribution in [1.29, 1.82) is 0 Å². The topological polar surface area (TPSA) is 56.1 Å². The number of pyridine rings is 1. The lowest BCUT2D eigenvalue weighted by atomic mass is 10.1. The van der Waals surface area contributed by atoms with Crippen LogP contribution >= 0.6 is 41.7 Å². The minimum atomic E-state index is -0.0949. The summed E-state index contributed by atoms with van der Waals surface area (Å²) in [7, 11) is 4.69. The summed E-state index contributed by atoms with van der Waals surface area (Å²) in [4.78, 5) is 17.3. The Bertz CT molecular complexity index is 818. The number of methoxy groups -OCH3 is 1. The molecule has 0 radical (unpaired) electrons. The lowest BCUT2D eigenvalue weighted by Crippen LogP contribution is -2.22. The Morgan fingerprint density at radius 1 is 1.35 bits per heavy atom. The molecule has 0 bridgehead atoms. The normalized spacial score (nSPS) is 9.77. The van der Waals surface area contributed by atoms with E-state index < -0.39 is 0 Å². The van der Waals surface area contributed by atoms with Crippen LogP contribution in [0, 0.1) is 6.92 Å². The van der Waals surface area contributed by atoms with E-state index in [1.807, 2.05) is 31.4 Å². The number of carbonyl (C=O) groups excluding carboxylic acids is 1. The van der Waals surface area contributed by atoms with E-state index in [-0.39, 0.29) is 12.5 Å². The van der Waals surface area contributed by atoms with Gasteiger partial charge in [-0.3, -0.25) is 8.77 Å². The average molecular weight is 505 g/mol. The van der Waals surface area contributed by atoms with E-state index in [9.17, 15) is 4.79 Å². The smallest absolute Gasteiger partial charge is 0.245 e. The highest BCUT2D eigenvalue weighted by Gasteiger charge is 2.09. The summed E-state index contributed by atoms with van der Waals surface area (Å²) in [5, 5.41) is 3.62. The molecule has 0 aliphatic rings. The summed E-state index contributed by atoms with van der Waals surface area (Å²) >= 11 is 4.10. The minimum absolute atomic E-state index is 0.0949. The zero-order valence-corrected chi connectivity index (χ0v) is 19.4. The van der Waals surface area contributed by atoms with Gasteiger partial charge in [0.15, 0.2) is 5.65 Å². The summed E-state index contributed by atoms with van der Waals surface area (Å²) in [6.07, 6.45) is 3.95. The molecule has 0 aliphatic carbocycles. The van der Waals surface area contributed by atoms with Crippen LogP contribution in [0.3, 0.4) is 0 Å². The molecule has 0 atom stereocenters. The average Bonchev–Trinajstić information content (AvgIpc) is 3.29. The zero-order valence-electron chi connectivity index (χ0n) is 15.6. The van der Waals surface area contributed by atoms with Gasteiger partial charge in [-0.25, -0.2) is 4.98 Å². The second-order valence-electron chi connectivity index (χ2n) is 4.82. The molecule has 142 valence electrons. The van der Waals surface area contributed by atoms with Gasteiger partial charge in [0, 0.05) is 77.6 Å². The number of halogens is 1. The van der Waals surface area contributed by atoms with Crippen LogP contribution in [-0.2, 0) is 9.53 Å². The first-order valence-electron chi connectivity index (χ1n) is 8.12. The van der Waals surface area contributed by atoms with Gasteiger partial charge >= 0.3 is 0 Å². The van der Waals surface area contributed by atoms with Crippen LogP contribution in [0.25, 0.3) is 21.5 Å². The Balaban J connectivity index is 0.000000321. The quantitative estimate of drug-likeness (QED) is 0.488. The third-order valence-electron chi connectivity index (χ3n) is 3.19. The van der Waals surface area contributed by atoms with Crippen molar-refractivity contribution in [1.82, 2.24) is 14.3 Å². The van der Waals surface area contributed by atoms with Crippen molar-refractivity contribution in [3.8, 4) is 10.4 Å². The molecule has 3 heterocycles. The molecule has 0 aliphatic heterocycles. The van der Waals surface area contributed by atoms with Gasteiger partial charge in [0.05, 0.1) is 0 Å². The van der Waals surface area contributed by atoms with Gasteiger partial charge in [0.1, 0.15) is 6.61 Å². The van der Waals surface area contributed by atoms with E-state index in [0.29, 0.717) is 0 Å². The maximum atomic E-state index is 10.2. The van der Waals surface area contributed by atoms with Crippen molar-refractivity contribution >= 4 is 58.6 Å². The maximum absolute atomic E-state index is 10.2. The third kappa shape index (κ3) is 6.26. The second kappa shape index (κ2) is 12.3. The molecule has 3 aromatic rings. The fraction of sp³-hybridized carbons (Fsp3) is 0.333. The summed E-state index contributed by atoms with van der Waals surface area (Å²) in [6, 6.07) is 8.58. The van der Waals surface area contributed by atoms with E-state index in [0.717, 1.165) is 5.65 Å². The first-order valence-corrected chi connectivity index (χ1v) is 12.3. The van der Waals surface area contributed by atoms with Crippen LogP contribution in [0.2, 0.25) is 0 Å². The van der Waals surface area contributed by atoms with Crippen molar-refractivity contribution in [2.75, 3.05) is 20.8 Å². The number of thiophene rings is 1. The summed E-state index contributed by atoms with van der Waals surface area (Å²) < 4.78 is 6.57. The lowest BCUT2D eigenvalue weighted by molar-refractivity contribution is -0.124. The van der Waals surface area contributed by atoms with Gasteiger partial charge in [-0.2, -0.15) is 0 Å². The fourth-order valence-electron chi connectivity index (χ4n) is 2.07. The zero-order chi connectivity index (χ0) is 19.5. The fourth-order valence-corrected chi connectivity index (χ4v) is 4.25. The van der Waals surface area contributed by atoms with Gasteiger partial charge in [-0.15, -0.1) is 11.3 Å². The van der Waals surface area contributed by atoms with Crippen LogP contribution in [0.1, 0.15) is 18.7 Å². The predicted molar refractivity (Wildman–Crippen MR) is 122 cm³/mol. The number of nitrogens with zero attached hydrogens (tertiary/aromatic N) is 2. The Hall–Kier alpha value is -1.10. The van der Waals surface area contributed by atoms with Gasteiger partial charge in [-0.05, 0) is 31.2 Å². The highest BCUT2D eigenvalue weighted by Crippen LogP contribution is 2.34. The van der Waals surface area contributed by atoms with Gasteiger partial charge < -0.3 is 10.1 Å². The molecule has 5 nitrogen and oxygen atoms in total. The van der Waals surface area contributed by atoms with Crippen LogP contribution in [-0.4, -0.2) is 35.6 Å². The molecule has 8 heteroatoms. The van der Waals surface area contributed by atoms with Crippen LogP contribution in [0.4, 0.5) is 0 Å². The molecule has 3 aromatic heterocycles. The first kappa shape index (κ1) is 22.9. The number of nitrogens with one attached hydrogen (secondary N) is 1. The summed E-state index contributed by atoms with van der Waals surface area (Å²) in [5.74, 6) is -0.0949. The van der Waals surface area contributed by atoms with Gasteiger partial charge in [0.25, 0.3) is 0 Å². The molecular weight excluding hydrogens is 481 g/mol. The minimum Gasteiger partial charge on any atom is -0.375 e. The molecule has 3 rings (SSSR count). The number of likely N-dealkylation sites (N-methyl/N-ethyl adjacent to an activating group) is 1. The SMILES string of the molecule is CC.CNC(=O)COC.Cc1ccc(-c2ccnc3c2ccn3SI)s1. The highest BCUT2D eigenvalue weighted by molar-refractivity contribution is 14.2. The van der Waals surface area contributed by atoms with Crippen LogP contribution in [0.15, 0.2) is 36.7 Å². The van der Waals surface area contributed by atoms with Crippen LogP contribution < -0.4 is 5.32 Å². The van der Waals surface area contributed by atoms with E-state index in [1.165, 1.54) is 27.8 Å². The van der Waals surface area contributed by atoms with Crippen molar-refractivity contribution in [2.45, 2.75) is 20.8 Å². The Kier molecular flexibility index (Phi) is 10.9. The molecule has 0 fully saturated rings. The highest BCUT2D eigenvalue weighted by atomic mass is 127. The lowest BCUT2D eigenvalue weighted by Gasteiger charge is -2.01. The molecule has 0 saturated heterocycles. The Labute approximate surface area is 175 Å². The van der Waals surface area contributed by atoms with Crippen molar-refractivity contribution in [3.05, 3.63) is 41.5 Å². The number of aryl methyl sites for hydroxylation is 1. The van der Waals surface area contributed by atoms with Crippen molar-refractivity contribution in [2.24, 2.45) is 0 Å². The van der Waals surface area contributed by atoms with E-state index in [2.05, 4.69) is 77.6 Å². The standard InChI is InChI=1S/C12H9IN2S2.C4H9NO2.C2H6/c1-8-2-3-11(16-8)9-4-6-14-12-10(9)5-7-15(12)17-13;1-5-4(6)3-7-2;1-2/h2-7H,1H3;3H2,1-2H3,(H,5,6);1-2H3. The molecule has 0 spiro atoms. The molecule has 1 N–H and O–H groups in total. The van der Waals surface area contributed by atoms with Crippen molar-refractivity contribution in [3.63, 3.8) is 0 Å². The summed E-state index contributed by atoms with van der Waals surface area (Å²) in [6.45, 7) is 6.29. The van der Waals surface area contributed by atoms with Crippen LogP contribution in [0.5, 0.6) is 0 Å². The molecule has 1 amide bonds. The molecule has 0 aromatic carbocycles. The number of rotatable bonds is 4. The summed E-state index contributed by atoms with van der Waals surface area (Å²) in [5.41, 5.74) is 2.31. The number of fused-ring (bicyclic) bond motifs is 1. The Morgan fingerprint density at radius 2 is 2.08 bits per heavy atom. The molecule has 0 saturated carbocycles. The van der Waals surface area contributed by atoms with Gasteiger partial charge in [0.2, 0.25) is 5.91 Å². The molecular formula is C18H24IN3O2S2. The van der Waals surface area contributed by atoms with E-state index >= 15 is 0 Å². The molecule has 26 heavy (non-hydrogen) atoms. The second-order valence-corrected chi connectivity index (χ2v) is 7.82. The monoisotopic (exact) mass is 505 g/mol. The third-order valence-corrected chi connectivity index (χ3v) is 5.94. The number of ether oxygens (including phenoxy) is 1. The van der Waals surface area contributed by atoms with E-state index in [4.69, 9.17) is 0 Å². The van der Waals surface area contributed by atoms with Crippen molar-refractivity contribution < 1.29 is 9.53 Å². The first-order chi connectivity index (χ1) is 12.6. The number of aromatic nitrogens is 2. The largest absolute Gasteiger partial charge is 0.375 e. The maximum Gasteiger partial charge on any atom is 0.245 e. The number of hydrogen-bond acceptors (Lipinski definition) is 5. The number of amides is 1. The molecule has 0 unspecified atom stereocenters. The van der Waals surface area contributed by atoms with Gasteiger partial charge in [-0.1, -0.05) is 13.8 Å². The van der Waals surface area contributed by atoms with E-state index in [1.54, 1.807) is 16.2 Å². The number of hydrogen-bond donors (Lipinski definition) is 1. The number of carbonyl (C=O) groups is 1. The predicted octanol–water partition coefficient (Wildman–Crippen LogP) is 5.32.